The Morgan fingerprint density at radius 3 is 2.43 bits per heavy atom. The van der Waals surface area contributed by atoms with Gasteiger partial charge in [0.25, 0.3) is 0 Å². The molecule has 0 bridgehead atoms. The largest absolute Gasteiger partial charge is 0.464 e. The van der Waals surface area contributed by atoms with Gasteiger partial charge in [-0.1, -0.05) is 62.4 Å². The number of hydrogen-bond acceptors (Lipinski definition) is 5. The van der Waals surface area contributed by atoms with Gasteiger partial charge in [0, 0.05) is 49.3 Å². The number of hydrogen-bond donors (Lipinski definition) is 1. The van der Waals surface area contributed by atoms with Gasteiger partial charge in [0.05, 0.1) is 6.26 Å². The molecule has 0 unspecified atom stereocenters. The maximum absolute atomic E-state index is 15.1. The Balaban J connectivity index is 1.32. The highest BCUT2D eigenvalue weighted by Gasteiger charge is 2.40. The Labute approximate surface area is 245 Å². The minimum absolute atomic E-state index is 0.0795. The van der Waals surface area contributed by atoms with Crippen molar-refractivity contribution in [2.24, 2.45) is 5.92 Å². The number of benzene rings is 3. The van der Waals surface area contributed by atoms with E-state index in [4.69, 9.17) is 9.15 Å². The zero-order chi connectivity index (χ0) is 29.6. The van der Waals surface area contributed by atoms with Gasteiger partial charge in [-0.15, -0.1) is 0 Å². The summed E-state index contributed by atoms with van der Waals surface area (Å²) in [4.78, 5) is 30.6. The highest BCUT2D eigenvalue weighted by atomic mass is 19.1. The monoisotopic (exact) mass is 569 g/mol. The third-order valence-corrected chi connectivity index (χ3v) is 7.47. The summed E-state index contributed by atoms with van der Waals surface area (Å²) in [6.07, 6.45) is 1.63. The molecule has 4 aromatic rings. The zero-order valence-electron chi connectivity index (χ0n) is 24.1. The lowest BCUT2D eigenvalue weighted by molar-refractivity contribution is -0.150. The number of carbonyl (C=O) groups excluding carboxylic acids is 2. The number of amides is 2. The molecule has 1 aliphatic heterocycles. The van der Waals surface area contributed by atoms with Gasteiger partial charge in [-0.25, -0.2) is 4.39 Å². The quantitative estimate of drug-likeness (QED) is 0.258. The fraction of sp³-hybridized carbons (Fsp3) is 0.294. The van der Waals surface area contributed by atoms with Crippen LogP contribution in [-0.2, 0) is 22.7 Å². The summed E-state index contributed by atoms with van der Waals surface area (Å²) in [5.41, 5.74) is 2.28. The summed E-state index contributed by atoms with van der Waals surface area (Å²) in [6, 6.07) is 24.6. The molecule has 0 radical (unpaired) electrons. The highest BCUT2D eigenvalue weighted by molar-refractivity contribution is 5.89. The van der Waals surface area contributed by atoms with Gasteiger partial charge in [-0.3, -0.25) is 14.5 Å². The second-order valence-electron chi connectivity index (χ2n) is 11.0. The minimum Gasteiger partial charge on any atom is -0.464 e. The lowest BCUT2D eigenvalue weighted by Gasteiger charge is -2.45. The standard InChI is InChI=1S/C34H36FN3O4/c1-23(2)34(40)38-24(3)20-37(21-28-29(35)11-7-12-32(28)42-27-9-5-4-6-10-27)22-30(38)33(39)36-19-25-14-16-26(17-15-25)31-13-8-18-41-31/h4-18,23-24,30H,19-22H2,1-3H3,(H,36,39)/t24-,30-/m1/s1. The third kappa shape index (κ3) is 6.71. The van der Waals surface area contributed by atoms with Crippen molar-refractivity contribution in [1.29, 1.82) is 0 Å². The summed E-state index contributed by atoms with van der Waals surface area (Å²) in [7, 11) is 0. The SMILES string of the molecule is CC(C)C(=O)N1[C@H](C)CN(Cc2c(F)cccc2Oc2ccccc2)C[C@@H]1C(=O)NCc1ccc(-c2ccco2)cc1. The molecule has 8 heteroatoms. The number of rotatable bonds is 9. The van der Waals surface area contributed by atoms with Crippen molar-refractivity contribution in [3.8, 4) is 22.8 Å². The van der Waals surface area contributed by atoms with E-state index in [0.717, 1.165) is 16.9 Å². The molecule has 5 rings (SSSR count). The molecule has 1 aliphatic rings. The lowest BCUT2D eigenvalue weighted by Crippen LogP contribution is -2.64. The number of carbonyl (C=O) groups is 2. The van der Waals surface area contributed by atoms with Crippen LogP contribution in [0, 0.1) is 11.7 Å². The lowest BCUT2D eigenvalue weighted by atomic mass is 10.0. The van der Waals surface area contributed by atoms with Crippen LogP contribution < -0.4 is 10.1 Å². The summed E-state index contributed by atoms with van der Waals surface area (Å²) < 4.78 is 26.6. The first-order valence-electron chi connectivity index (χ1n) is 14.3. The fourth-order valence-corrected chi connectivity index (χ4v) is 5.35. The van der Waals surface area contributed by atoms with Gasteiger partial charge < -0.3 is 19.4 Å². The molecule has 1 N–H and O–H groups in total. The average Bonchev–Trinajstić information content (AvgIpc) is 3.53. The van der Waals surface area contributed by atoms with Crippen molar-refractivity contribution < 1.29 is 23.1 Å². The molecule has 7 nitrogen and oxygen atoms in total. The van der Waals surface area contributed by atoms with Crippen LogP contribution in [0.1, 0.15) is 31.9 Å². The Morgan fingerprint density at radius 1 is 0.976 bits per heavy atom. The molecule has 0 spiro atoms. The van der Waals surface area contributed by atoms with Crippen LogP contribution in [0.5, 0.6) is 11.5 Å². The Morgan fingerprint density at radius 2 is 1.74 bits per heavy atom. The first kappa shape index (κ1) is 29.1. The number of para-hydroxylation sites is 1. The molecule has 2 heterocycles. The van der Waals surface area contributed by atoms with E-state index in [1.807, 2.05) is 92.4 Å². The van der Waals surface area contributed by atoms with Crippen molar-refractivity contribution in [2.45, 2.75) is 45.9 Å². The van der Waals surface area contributed by atoms with Crippen LogP contribution >= 0.6 is 0 Å². The van der Waals surface area contributed by atoms with Crippen molar-refractivity contribution >= 4 is 11.8 Å². The van der Waals surface area contributed by atoms with E-state index in [2.05, 4.69) is 5.32 Å². The Kier molecular flexibility index (Phi) is 9.03. The molecule has 1 saturated heterocycles. The number of ether oxygens (including phenoxy) is 1. The van der Waals surface area contributed by atoms with Crippen molar-refractivity contribution in [1.82, 2.24) is 15.1 Å². The number of halogens is 1. The van der Waals surface area contributed by atoms with E-state index < -0.39 is 6.04 Å². The molecule has 2 amide bonds. The molecule has 42 heavy (non-hydrogen) atoms. The Hall–Kier alpha value is -4.43. The average molecular weight is 570 g/mol. The molecule has 0 saturated carbocycles. The van der Waals surface area contributed by atoms with Gasteiger partial charge in [-0.2, -0.15) is 0 Å². The van der Waals surface area contributed by atoms with Gasteiger partial charge in [0.2, 0.25) is 11.8 Å². The van der Waals surface area contributed by atoms with E-state index in [9.17, 15) is 9.59 Å². The van der Waals surface area contributed by atoms with Gasteiger partial charge in [0.1, 0.15) is 29.1 Å². The third-order valence-electron chi connectivity index (χ3n) is 7.47. The second kappa shape index (κ2) is 13.0. The molecule has 2 atom stereocenters. The number of nitrogens with one attached hydrogen (secondary N) is 1. The van der Waals surface area contributed by atoms with E-state index in [1.54, 1.807) is 23.3 Å². The topological polar surface area (TPSA) is 75.0 Å². The molecule has 0 aliphatic carbocycles. The van der Waals surface area contributed by atoms with Crippen LogP contribution in [0.15, 0.2) is 95.6 Å². The van der Waals surface area contributed by atoms with E-state index >= 15 is 4.39 Å². The summed E-state index contributed by atoms with van der Waals surface area (Å²) in [5.74, 6) is 0.843. The predicted octanol–water partition coefficient (Wildman–Crippen LogP) is 6.25. The van der Waals surface area contributed by atoms with E-state index in [0.29, 0.717) is 30.2 Å². The van der Waals surface area contributed by atoms with E-state index in [-0.39, 0.29) is 42.7 Å². The van der Waals surface area contributed by atoms with Crippen LogP contribution in [0.4, 0.5) is 4.39 Å². The molecule has 218 valence electrons. The number of piperazine rings is 1. The Bertz CT molecular complexity index is 1490. The summed E-state index contributed by atoms with van der Waals surface area (Å²) >= 11 is 0. The molecular weight excluding hydrogens is 533 g/mol. The summed E-state index contributed by atoms with van der Waals surface area (Å²) in [6.45, 7) is 6.92. The zero-order valence-corrected chi connectivity index (χ0v) is 24.1. The smallest absolute Gasteiger partial charge is 0.244 e. The van der Waals surface area contributed by atoms with Gasteiger partial charge in [0.15, 0.2) is 0 Å². The second-order valence-corrected chi connectivity index (χ2v) is 11.0. The number of furan rings is 1. The van der Waals surface area contributed by atoms with E-state index in [1.165, 1.54) is 6.07 Å². The van der Waals surface area contributed by atoms with Gasteiger partial charge >= 0.3 is 0 Å². The van der Waals surface area contributed by atoms with Crippen molar-refractivity contribution in [3.05, 3.63) is 108 Å². The van der Waals surface area contributed by atoms with Crippen LogP contribution in [0.25, 0.3) is 11.3 Å². The highest BCUT2D eigenvalue weighted by Crippen LogP contribution is 2.30. The van der Waals surface area contributed by atoms with Crippen LogP contribution in [0.2, 0.25) is 0 Å². The normalized spacial score (nSPS) is 17.3. The fourth-order valence-electron chi connectivity index (χ4n) is 5.35. The van der Waals surface area contributed by atoms with Crippen LogP contribution in [-0.4, -0.2) is 46.8 Å². The first-order valence-corrected chi connectivity index (χ1v) is 14.3. The van der Waals surface area contributed by atoms with Gasteiger partial charge in [-0.05, 0) is 48.9 Å². The maximum atomic E-state index is 15.1. The van der Waals surface area contributed by atoms with Crippen molar-refractivity contribution in [2.75, 3.05) is 13.1 Å². The maximum Gasteiger partial charge on any atom is 0.244 e. The minimum atomic E-state index is -0.726. The van der Waals surface area contributed by atoms with Crippen molar-refractivity contribution in [3.63, 3.8) is 0 Å². The molecular formula is C34H36FN3O4. The van der Waals surface area contributed by atoms with Crippen LogP contribution in [0.3, 0.4) is 0 Å². The molecule has 1 aromatic heterocycles. The molecule has 3 aromatic carbocycles. The number of nitrogens with zero attached hydrogens (tertiary/aromatic N) is 2. The summed E-state index contributed by atoms with van der Waals surface area (Å²) in [5, 5.41) is 3.03. The first-order chi connectivity index (χ1) is 20.3. The predicted molar refractivity (Wildman–Crippen MR) is 159 cm³/mol. The molecule has 1 fully saturated rings.